The molecule has 0 amide bonds. The van der Waals surface area contributed by atoms with Gasteiger partial charge in [0.1, 0.15) is 11.5 Å². The summed E-state index contributed by atoms with van der Waals surface area (Å²) in [7, 11) is 0. The molecular formula is C24H18O2. The summed E-state index contributed by atoms with van der Waals surface area (Å²) in [4.78, 5) is 0. The topological polar surface area (TPSA) is 40.7 Å². The molecule has 0 atom stereocenters. The van der Waals surface area contributed by atoms with Crippen LogP contribution in [0, 0.1) is 0 Å². The maximum Gasteiger partial charge on any atom is 0.135 e. The first kappa shape index (κ1) is 16.1. The van der Waals surface area contributed by atoms with Gasteiger partial charge in [-0.1, -0.05) is 72.8 Å². The van der Waals surface area contributed by atoms with E-state index in [9.17, 15) is 0 Å². The fourth-order valence-electron chi connectivity index (χ4n) is 3.43. The molecule has 5 rings (SSSR count). The third-order valence-electron chi connectivity index (χ3n) is 4.68. The van der Waals surface area contributed by atoms with Crippen LogP contribution in [0.4, 0.5) is 0 Å². The fourth-order valence-corrected chi connectivity index (χ4v) is 3.43. The number of rotatable bonds is 2. The molecule has 2 heteroatoms. The van der Waals surface area contributed by atoms with Crippen molar-refractivity contribution in [3.05, 3.63) is 97.1 Å². The van der Waals surface area contributed by atoms with E-state index in [0.717, 1.165) is 22.3 Å². The maximum atomic E-state index is 6.35. The van der Waals surface area contributed by atoms with Crippen LogP contribution in [0.2, 0.25) is 0 Å². The third kappa shape index (κ3) is 2.67. The van der Waals surface area contributed by atoms with Gasteiger partial charge in [0.2, 0.25) is 0 Å². The molecule has 0 aliphatic rings. The molecule has 2 N–H and O–H groups in total. The van der Waals surface area contributed by atoms with Gasteiger partial charge in [0.05, 0.1) is 0 Å². The van der Waals surface area contributed by atoms with Crippen molar-refractivity contribution in [3.8, 4) is 11.5 Å². The lowest BCUT2D eigenvalue weighted by Crippen LogP contribution is -1.88. The van der Waals surface area contributed by atoms with E-state index in [1.54, 1.807) is 0 Å². The zero-order valence-electron chi connectivity index (χ0n) is 14.1. The summed E-state index contributed by atoms with van der Waals surface area (Å²) in [6, 6.07) is 33.6. The highest BCUT2D eigenvalue weighted by molar-refractivity contribution is 6.01. The van der Waals surface area contributed by atoms with Crippen LogP contribution >= 0.6 is 0 Å². The van der Waals surface area contributed by atoms with Crippen molar-refractivity contribution in [1.29, 1.82) is 0 Å². The molecule has 126 valence electrons. The molecule has 0 saturated carbocycles. The van der Waals surface area contributed by atoms with Crippen LogP contribution in [0.1, 0.15) is 0 Å². The van der Waals surface area contributed by atoms with Crippen molar-refractivity contribution in [2.24, 2.45) is 0 Å². The van der Waals surface area contributed by atoms with Gasteiger partial charge >= 0.3 is 0 Å². The summed E-state index contributed by atoms with van der Waals surface area (Å²) >= 11 is 0. The quantitative estimate of drug-likeness (QED) is 0.358. The van der Waals surface area contributed by atoms with Gasteiger partial charge in [-0.2, -0.15) is 0 Å². The molecule has 0 fully saturated rings. The van der Waals surface area contributed by atoms with Crippen molar-refractivity contribution in [2.75, 3.05) is 0 Å². The Morgan fingerprint density at radius 1 is 0.423 bits per heavy atom. The number of benzene rings is 5. The average molecular weight is 338 g/mol. The summed E-state index contributed by atoms with van der Waals surface area (Å²) in [5.74, 6) is 1.78. The van der Waals surface area contributed by atoms with Crippen molar-refractivity contribution in [3.63, 3.8) is 0 Å². The molecule has 0 radical (unpaired) electrons. The molecule has 0 aliphatic carbocycles. The predicted molar refractivity (Wildman–Crippen MR) is 109 cm³/mol. The third-order valence-corrected chi connectivity index (χ3v) is 4.68. The largest absolute Gasteiger partial charge is 0.456 e. The number of hydrogen-bond donors (Lipinski definition) is 0. The van der Waals surface area contributed by atoms with Crippen molar-refractivity contribution < 1.29 is 10.2 Å². The van der Waals surface area contributed by atoms with Gasteiger partial charge < -0.3 is 10.2 Å². The molecule has 0 spiro atoms. The van der Waals surface area contributed by atoms with E-state index < -0.39 is 0 Å². The van der Waals surface area contributed by atoms with Crippen molar-refractivity contribution >= 4 is 32.3 Å². The molecule has 5 aromatic carbocycles. The van der Waals surface area contributed by atoms with Crippen molar-refractivity contribution in [1.82, 2.24) is 0 Å². The molecule has 5 aromatic rings. The Hall–Kier alpha value is -3.36. The predicted octanol–water partition coefficient (Wildman–Crippen LogP) is 6.11. The second-order valence-corrected chi connectivity index (χ2v) is 6.26. The Labute approximate surface area is 151 Å². The number of ether oxygens (including phenoxy) is 1. The minimum absolute atomic E-state index is 0. The molecule has 0 saturated heterocycles. The molecule has 2 nitrogen and oxygen atoms in total. The van der Waals surface area contributed by atoms with Gasteiger partial charge in [-0.15, -0.1) is 0 Å². The van der Waals surface area contributed by atoms with Gasteiger partial charge in [-0.3, -0.25) is 0 Å². The van der Waals surface area contributed by atoms with Crippen LogP contribution < -0.4 is 4.74 Å². The van der Waals surface area contributed by atoms with Gasteiger partial charge in [-0.25, -0.2) is 0 Å². The first-order chi connectivity index (χ1) is 12.4. The first-order valence-electron chi connectivity index (χ1n) is 8.46. The van der Waals surface area contributed by atoms with Crippen LogP contribution in [0.3, 0.4) is 0 Å². The number of hydrogen-bond acceptors (Lipinski definition) is 1. The van der Waals surface area contributed by atoms with E-state index in [-0.39, 0.29) is 5.48 Å². The van der Waals surface area contributed by atoms with Crippen LogP contribution in [0.15, 0.2) is 97.1 Å². The number of fused-ring (bicyclic) bond motifs is 3. The SMILES string of the molecule is O.c1ccc2cc3c(Oc4cccc5ccccc45)cccc3cc2c1. The van der Waals surface area contributed by atoms with Crippen molar-refractivity contribution in [2.45, 2.75) is 0 Å². The normalized spacial score (nSPS) is 10.8. The Balaban J connectivity index is 0.00000168. The van der Waals surface area contributed by atoms with Crippen LogP contribution in [0.25, 0.3) is 32.3 Å². The fraction of sp³-hybridized carbons (Fsp3) is 0. The first-order valence-corrected chi connectivity index (χ1v) is 8.46. The molecule has 0 aromatic heterocycles. The summed E-state index contributed by atoms with van der Waals surface area (Å²) in [5, 5.41) is 7.11. The molecule has 0 unspecified atom stereocenters. The zero-order valence-corrected chi connectivity index (χ0v) is 14.1. The molecule has 26 heavy (non-hydrogen) atoms. The van der Waals surface area contributed by atoms with Gasteiger partial charge in [0, 0.05) is 10.8 Å². The Morgan fingerprint density at radius 2 is 0.962 bits per heavy atom. The van der Waals surface area contributed by atoms with E-state index in [1.807, 2.05) is 24.3 Å². The van der Waals surface area contributed by atoms with E-state index in [0.29, 0.717) is 0 Å². The Kier molecular flexibility index (Phi) is 4.04. The van der Waals surface area contributed by atoms with Crippen LogP contribution in [-0.4, -0.2) is 5.48 Å². The van der Waals surface area contributed by atoms with Gasteiger partial charge in [-0.05, 0) is 45.8 Å². The van der Waals surface area contributed by atoms with E-state index in [1.165, 1.54) is 21.5 Å². The summed E-state index contributed by atoms with van der Waals surface area (Å²) < 4.78 is 6.35. The van der Waals surface area contributed by atoms with Gasteiger partial charge in [0.25, 0.3) is 0 Å². The lowest BCUT2D eigenvalue weighted by molar-refractivity contribution is 0.494. The van der Waals surface area contributed by atoms with Gasteiger partial charge in [0.15, 0.2) is 0 Å². The van der Waals surface area contributed by atoms with Crippen LogP contribution in [0.5, 0.6) is 11.5 Å². The lowest BCUT2D eigenvalue weighted by Gasteiger charge is -2.12. The molecule has 0 aliphatic heterocycles. The highest BCUT2D eigenvalue weighted by Crippen LogP contribution is 2.35. The monoisotopic (exact) mass is 338 g/mol. The second-order valence-electron chi connectivity index (χ2n) is 6.26. The Bertz CT molecular complexity index is 1220. The minimum atomic E-state index is 0. The molecular weight excluding hydrogens is 320 g/mol. The molecule has 0 bridgehead atoms. The smallest absolute Gasteiger partial charge is 0.135 e. The zero-order chi connectivity index (χ0) is 16.6. The highest BCUT2D eigenvalue weighted by atomic mass is 16.5. The van der Waals surface area contributed by atoms with Crippen LogP contribution in [-0.2, 0) is 0 Å². The average Bonchev–Trinajstić information content (AvgIpc) is 2.67. The Morgan fingerprint density at radius 3 is 1.73 bits per heavy atom. The standard InChI is InChI=1S/C24H16O.H2O/c1-2-9-19-16-22-20(15-18(19)8-1)11-6-14-24(22)25-23-13-5-10-17-7-3-4-12-21(17)23;/h1-16H;1H2. The summed E-state index contributed by atoms with van der Waals surface area (Å²) in [6.07, 6.45) is 0. The minimum Gasteiger partial charge on any atom is -0.456 e. The maximum absolute atomic E-state index is 6.35. The van der Waals surface area contributed by atoms with E-state index >= 15 is 0 Å². The lowest BCUT2D eigenvalue weighted by atomic mass is 10.0. The van der Waals surface area contributed by atoms with E-state index in [4.69, 9.17) is 4.74 Å². The highest BCUT2D eigenvalue weighted by Gasteiger charge is 2.07. The summed E-state index contributed by atoms with van der Waals surface area (Å²) in [5.41, 5.74) is 0. The molecule has 0 heterocycles. The van der Waals surface area contributed by atoms with E-state index in [2.05, 4.69) is 72.8 Å². The second kappa shape index (κ2) is 6.51. The summed E-state index contributed by atoms with van der Waals surface area (Å²) in [6.45, 7) is 0.